The quantitative estimate of drug-likeness (QED) is 0.230. The molecular weight excluding hydrogens is 774 g/mol. The lowest BCUT2D eigenvalue weighted by molar-refractivity contribution is -0.131. The van der Waals surface area contributed by atoms with E-state index in [1.807, 2.05) is 60.7 Å². The summed E-state index contributed by atoms with van der Waals surface area (Å²) in [6.07, 6.45) is 5.09. The molecule has 0 saturated carbocycles. The van der Waals surface area contributed by atoms with Crippen molar-refractivity contribution in [3.05, 3.63) is 130 Å². The maximum Gasteiger partial charge on any atom is 0.250 e. The lowest BCUT2D eigenvalue weighted by Crippen LogP contribution is -2.52. The first-order valence-corrected chi connectivity index (χ1v) is 22.1. The number of rotatable bonds is 8. The van der Waals surface area contributed by atoms with Gasteiger partial charge in [-0.05, 0) is 104 Å². The molecule has 13 heteroatoms. The third kappa shape index (κ3) is 11.8. The molecule has 11 nitrogen and oxygen atoms in total. The predicted octanol–water partition coefficient (Wildman–Crippen LogP) is 4.86. The molecule has 1 fully saturated rings. The summed E-state index contributed by atoms with van der Waals surface area (Å²) in [5, 5.41) is 10.2. The van der Waals surface area contributed by atoms with E-state index in [-0.39, 0.29) is 48.0 Å². The highest BCUT2D eigenvalue weighted by Crippen LogP contribution is 2.28. The van der Waals surface area contributed by atoms with Crippen LogP contribution in [0.15, 0.2) is 102 Å². The van der Waals surface area contributed by atoms with E-state index in [1.54, 1.807) is 36.2 Å². The average molecular weight is 826 g/mol. The molecule has 1 saturated heterocycles. The molecule has 4 aromatic carbocycles. The highest BCUT2D eigenvalue weighted by atomic mass is 35.5. The van der Waals surface area contributed by atoms with Crippen molar-refractivity contribution < 1.29 is 27.6 Å². The number of carbonyl (C=O) groups excluding carboxylic acids is 4. The van der Waals surface area contributed by atoms with Crippen LogP contribution in [0.25, 0.3) is 0 Å². The zero-order valence-corrected chi connectivity index (χ0v) is 34.7. The monoisotopic (exact) mass is 825 g/mol. The molecule has 3 N–H and O–H groups in total. The molecule has 6 rings (SSSR count). The average Bonchev–Trinajstić information content (AvgIpc) is 3.31. The Labute approximate surface area is 346 Å². The van der Waals surface area contributed by atoms with Gasteiger partial charge in [0, 0.05) is 55.5 Å². The van der Waals surface area contributed by atoms with E-state index in [4.69, 9.17) is 11.6 Å². The van der Waals surface area contributed by atoms with Crippen LogP contribution in [0.2, 0.25) is 5.02 Å². The fourth-order valence-electron chi connectivity index (χ4n) is 7.72. The molecule has 2 bridgehead atoms. The van der Waals surface area contributed by atoms with Crippen LogP contribution < -0.4 is 20.9 Å². The van der Waals surface area contributed by atoms with Gasteiger partial charge in [-0.3, -0.25) is 19.2 Å². The molecule has 2 heterocycles. The Morgan fingerprint density at radius 1 is 0.759 bits per heavy atom. The molecule has 58 heavy (non-hydrogen) atoms. The highest BCUT2D eigenvalue weighted by Gasteiger charge is 2.33. The minimum Gasteiger partial charge on any atom is -0.351 e. The number of hydrogen-bond donors (Lipinski definition) is 3. The standard InChI is InChI=1S/C45H52ClN5O6S/c1-50-24-8-23-47-36(26-32-14-19-38(20-15-32)58(2,56)57)28-42(52)49-40-22-18-34-11-6-7-12-41(34)51(45(40)55)30-43(53)48-37(29-44(50)54)27-33-16-21-39(46)35(25-33)17-13-31-9-4-3-5-10-31/h3-7,9-12,14-16,19-21,25,36-37,40,47H,8,13,17-18,22-24,26-30H2,1-2H3,(H,48,53)(H,49,52)/t36-,37+,40+/m1/s1. The van der Waals surface area contributed by atoms with Crippen molar-refractivity contribution in [2.75, 3.05) is 37.8 Å². The maximum atomic E-state index is 14.3. The van der Waals surface area contributed by atoms with Crippen LogP contribution in [0, 0.1) is 0 Å². The number of aryl methyl sites for hydroxylation is 3. The summed E-state index contributed by atoms with van der Waals surface area (Å²) in [5.74, 6) is -1.26. The summed E-state index contributed by atoms with van der Waals surface area (Å²) in [6.45, 7) is 0.651. The summed E-state index contributed by atoms with van der Waals surface area (Å²) in [6, 6.07) is 28.3. The Morgan fingerprint density at radius 3 is 2.22 bits per heavy atom. The van der Waals surface area contributed by atoms with Gasteiger partial charge in [-0.1, -0.05) is 84.4 Å². The number of carbonyl (C=O) groups is 4. The summed E-state index contributed by atoms with van der Waals surface area (Å²) in [7, 11) is -1.63. The van der Waals surface area contributed by atoms with Crippen molar-refractivity contribution in [1.82, 2.24) is 20.9 Å². The van der Waals surface area contributed by atoms with Gasteiger partial charge in [0.15, 0.2) is 9.84 Å². The van der Waals surface area contributed by atoms with Gasteiger partial charge >= 0.3 is 0 Å². The Hall–Kier alpha value is -5.04. The number of fused-ring (bicyclic) bond motifs is 4. The molecular formula is C45H52ClN5O6S. The molecule has 0 unspecified atom stereocenters. The number of sulfone groups is 1. The van der Waals surface area contributed by atoms with Crippen LogP contribution in [-0.4, -0.2) is 88.0 Å². The molecule has 2 aliphatic heterocycles. The van der Waals surface area contributed by atoms with Crippen molar-refractivity contribution in [2.45, 2.75) is 80.8 Å². The van der Waals surface area contributed by atoms with Crippen LogP contribution >= 0.6 is 11.6 Å². The number of benzene rings is 4. The largest absolute Gasteiger partial charge is 0.351 e. The smallest absolute Gasteiger partial charge is 0.250 e. The van der Waals surface area contributed by atoms with E-state index in [0.29, 0.717) is 55.9 Å². The van der Waals surface area contributed by atoms with Gasteiger partial charge < -0.3 is 25.8 Å². The molecule has 0 aliphatic carbocycles. The predicted molar refractivity (Wildman–Crippen MR) is 227 cm³/mol. The number of hydrogen-bond acceptors (Lipinski definition) is 7. The summed E-state index contributed by atoms with van der Waals surface area (Å²) >= 11 is 6.64. The van der Waals surface area contributed by atoms with Gasteiger partial charge in [0.1, 0.15) is 12.6 Å². The van der Waals surface area contributed by atoms with E-state index < -0.39 is 27.8 Å². The topological polar surface area (TPSA) is 145 Å². The van der Waals surface area contributed by atoms with Crippen LogP contribution in [0.3, 0.4) is 0 Å². The van der Waals surface area contributed by atoms with Crippen molar-refractivity contribution in [3.63, 3.8) is 0 Å². The maximum absolute atomic E-state index is 14.3. The number of nitrogens with zero attached hydrogens (tertiary/aromatic N) is 2. The van der Waals surface area contributed by atoms with E-state index in [9.17, 15) is 27.6 Å². The first kappa shape index (κ1) is 42.6. The summed E-state index contributed by atoms with van der Waals surface area (Å²) < 4.78 is 24.1. The van der Waals surface area contributed by atoms with E-state index in [2.05, 4.69) is 28.1 Å². The zero-order valence-electron chi connectivity index (χ0n) is 33.1. The third-order valence-electron chi connectivity index (χ3n) is 10.9. The molecule has 4 aromatic rings. The lowest BCUT2D eigenvalue weighted by Gasteiger charge is -2.28. The van der Waals surface area contributed by atoms with Crippen LogP contribution in [-0.2, 0) is 61.1 Å². The normalized spacial score (nSPS) is 20.3. The molecule has 2 aliphatic rings. The first-order valence-electron chi connectivity index (χ1n) is 19.9. The Kier molecular flexibility index (Phi) is 14.4. The van der Waals surface area contributed by atoms with Gasteiger partial charge in [-0.25, -0.2) is 8.42 Å². The Bertz CT molecular complexity index is 2200. The molecule has 4 amide bonds. The van der Waals surface area contributed by atoms with Gasteiger partial charge in [-0.2, -0.15) is 0 Å². The Morgan fingerprint density at radius 2 is 1.47 bits per heavy atom. The first-order chi connectivity index (χ1) is 27.8. The summed E-state index contributed by atoms with van der Waals surface area (Å²) in [5.41, 5.74) is 5.46. The second kappa shape index (κ2) is 19.6. The minimum absolute atomic E-state index is 0.0486. The second-order valence-corrected chi connectivity index (χ2v) is 17.9. The van der Waals surface area contributed by atoms with Crippen LogP contribution in [0.1, 0.15) is 53.5 Å². The summed E-state index contributed by atoms with van der Waals surface area (Å²) in [4.78, 5) is 59.0. The van der Waals surface area contributed by atoms with Gasteiger partial charge in [0.25, 0.3) is 0 Å². The van der Waals surface area contributed by atoms with Crippen molar-refractivity contribution in [3.8, 4) is 0 Å². The van der Waals surface area contributed by atoms with Gasteiger partial charge in [0.2, 0.25) is 23.6 Å². The fourth-order valence-corrected chi connectivity index (χ4v) is 8.57. The number of anilines is 1. The van der Waals surface area contributed by atoms with Crippen molar-refractivity contribution in [2.24, 2.45) is 0 Å². The molecule has 0 spiro atoms. The number of para-hydroxylation sites is 1. The van der Waals surface area contributed by atoms with Crippen molar-refractivity contribution >= 4 is 50.8 Å². The van der Waals surface area contributed by atoms with E-state index in [1.165, 1.54) is 10.5 Å². The minimum atomic E-state index is -3.37. The lowest BCUT2D eigenvalue weighted by atomic mass is 9.98. The molecule has 3 atom stereocenters. The van der Waals surface area contributed by atoms with E-state index in [0.717, 1.165) is 41.4 Å². The van der Waals surface area contributed by atoms with Crippen LogP contribution in [0.4, 0.5) is 5.69 Å². The molecule has 306 valence electrons. The fraction of sp³-hybridized carbons (Fsp3) is 0.378. The number of halogens is 1. The molecule has 0 aromatic heterocycles. The van der Waals surface area contributed by atoms with Crippen molar-refractivity contribution in [1.29, 1.82) is 0 Å². The zero-order chi connectivity index (χ0) is 41.2. The molecule has 0 radical (unpaired) electrons. The Balaban J connectivity index is 1.24. The number of amides is 4. The van der Waals surface area contributed by atoms with Crippen LogP contribution in [0.5, 0.6) is 0 Å². The number of nitrogens with one attached hydrogen (secondary N) is 3. The van der Waals surface area contributed by atoms with Gasteiger partial charge in [-0.15, -0.1) is 0 Å². The van der Waals surface area contributed by atoms with E-state index >= 15 is 0 Å². The second-order valence-electron chi connectivity index (χ2n) is 15.4. The highest BCUT2D eigenvalue weighted by molar-refractivity contribution is 7.90. The van der Waals surface area contributed by atoms with Gasteiger partial charge in [0.05, 0.1) is 4.90 Å². The third-order valence-corrected chi connectivity index (χ3v) is 12.4. The SMILES string of the molecule is CN1CCCN[C@H](Cc2ccc(S(C)(=O)=O)cc2)CC(=O)N[C@H]2CCc3ccccc3N(CC(=O)N[C@@H](Cc3ccc(Cl)c(CCc4ccccc4)c3)CC1=O)C2=O.